The van der Waals surface area contributed by atoms with E-state index in [4.69, 9.17) is 9.72 Å². The molecule has 32 heavy (non-hydrogen) atoms. The Morgan fingerprint density at radius 1 is 0.812 bits per heavy atom. The normalized spacial score (nSPS) is 21.4. The molecule has 0 aromatic carbocycles. The lowest BCUT2D eigenvalue weighted by molar-refractivity contribution is -0.141. The van der Waals surface area contributed by atoms with Crippen molar-refractivity contribution in [2.75, 3.05) is 67.2 Å². The minimum atomic E-state index is -4.40. The van der Waals surface area contributed by atoms with E-state index in [1.165, 1.54) is 12.3 Å². The molecule has 5 heterocycles. The minimum Gasteiger partial charge on any atom is -0.378 e. The van der Waals surface area contributed by atoms with Crippen LogP contribution in [0.15, 0.2) is 30.7 Å². The van der Waals surface area contributed by atoms with Crippen LogP contribution in [0.2, 0.25) is 0 Å². The van der Waals surface area contributed by atoms with E-state index in [0.717, 1.165) is 81.9 Å². The zero-order valence-corrected chi connectivity index (χ0v) is 17.9. The van der Waals surface area contributed by atoms with Crippen LogP contribution in [-0.2, 0) is 10.9 Å². The molecule has 0 bridgehead atoms. The lowest BCUT2D eigenvalue weighted by Crippen LogP contribution is -2.42. The highest BCUT2D eigenvalue weighted by Gasteiger charge is 2.41. The number of ether oxygens (including phenoxy) is 1. The highest BCUT2D eigenvalue weighted by molar-refractivity contribution is 5.48. The number of alkyl halides is 3. The average Bonchev–Trinajstić information content (AvgIpc) is 3.23. The van der Waals surface area contributed by atoms with E-state index < -0.39 is 11.9 Å². The Morgan fingerprint density at radius 3 is 2.03 bits per heavy atom. The fourth-order valence-electron chi connectivity index (χ4n) is 4.96. The lowest BCUT2D eigenvalue weighted by Gasteiger charge is -2.40. The molecule has 3 aliphatic heterocycles. The second-order valence-electron chi connectivity index (χ2n) is 8.89. The Hall–Kier alpha value is -2.62. The maximum atomic E-state index is 12.8. The number of hydrogen-bond acceptors (Lipinski definition) is 7. The van der Waals surface area contributed by atoms with Crippen LogP contribution < -0.4 is 14.7 Å². The Labute approximate surface area is 185 Å². The quantitative estimate of drug-likeness (QED) is 0.715. The molecule has 2 aromatic heterocycles. The molecule has 1 spiro atoms. The van der Waals surface area contributed by atoms with Gasteiger partial charge in [0.1, 0.15) is 17.3 Å². The van der Waals surface area contributed by atoms with Gasteiger partial charge in [-0.3, -0.25) is 4.98 Å². The van der Waals surface area contributed by atoms with Crippen LogP contribution in [0.1, 0.15) is 25.0 Å². The summed E-state index contributed by atoms with van der Waals surface area (Å²) >= 11 is 0. The summed E-state index contributed by atoms with van der Waals surface area (Å²) < 4.78 is 43.8. The number of pyridine rings is 1. The smallest absolute Gasteiger partial charge is 0.378 e. The van der Waals surface area contributed by atoms with Gasteiger partial charge in [-0.25, -0.2) is 9.97 Å². The average molecular weight is 448 g/mol. The van der Waals surface area contributed by atoms with Crippen molar-refractivity contribution in [2.45, 2.75) is 25.4 Å². The Kier molecular flexibility index (Phi) is 5.56. The van der Waals surface area contributed by atoms with E-state index >= 15 is 0 Å². The maximum Gasteiger partial charge on any atom is 0.433 e. The van der Waals surface area contributed by atoms with Crippen LogP contribution in [0.4, 0.5) is 30.5 Å². The molecule has 0 aliphatic carbocycles. The summed E-state index contributed by atoms with van der Waals surface area (Å²) in [5.41, 5.74) is 0.110. The second kappa shape index (κ2) is 8.38. The molecule has 3 fully saturated rings. The van der Waals surface area contributed by atoms with Gasteiger partial charge in [-0.1, -0.05) is 0 Å². The topological polar surface area (TPSA) is 57.6 Å². The van der Waals surface area contributed by atoms with E-state index in [2.05, 4.69) is 24.7 Å². The molecule has 7 nitrogen and oxygen atoms in total. The zero-order valence-electron chi connectivity index (χ0n) is 17.9. The number of anilines is 3. The van der Waals surface area contributed by atoms with Crippen molar-refractivity contribution >= 4 is 17.3 Å². The summed E-state index contributed by atoms with van der Waals surface area (Å²) in [7, 11) is 0. The molecule has 0 N–H and O–H groups in total. The largest absolute Gasteiger partial charge is 0.433 e. The SMILES string of the molecule is FC(F)(F)c1ccc(N2CCC3(CCN(c4cncc(N5CCOCC5)n4)CC3)C2)cn1. The number of morpholine rings is 1. The number of halogens is 3. The fourth-order valence-corrected chi connectivity index (χ4v) is 4.96. The summed E-state index contributed by atoms with van der Waals surface area (Å²) in [4.78, 5) is 19.6. The third kappa shape index (κ3) is 4.32. The van der Waals surface area contributed by atoms with E-state index in [1.54, 1.807) is 0 Å². The third-order valence-electron chi connectivity index (χ3n) is 6.93. The highest BCUT2D eigenvalue weighted by Crippen LogP contribution is 2.42. The molecular formula is C22H27F3N6O. The summed E-state index contributed by atoms with van der Waals surface area (Å²) in [6.07, 6.45) is 3.69. The van der Waals surface area contributed by atoms with Crippen molar-refractivity contribution in [1.29, 1.82) is 0 Å². The first-order valence-corrected chi connectivity index (χ1v) is 11.1. The fraction of sp³-hybridized carbons (Fsp3) is 0.591. The van der Waals surface area contributed by atoms with Gasteiger partial charge in [0.2, 0.25) is 0 Å². The van der Waals surface area contributed by atoms with Gasteiger partial charge in [0.05, 0.1) is 37.5 Å². The van der Waals surface area contributed by atoms with E-state index in [1.807, 2.05) is 12.4 Å². The van der Waals surface area contributed by atoms with Gasteiger partial charge >= 0.3 is 6.18 Å². The molecule has 172 valence electrons. The molecule has 0 atom stereocenters. The minimum absolute atomic E-state index is 0.189. The Morgan fingerprint density at radius 2 is 1.44 bits per heavy atom. The molecule has 2 aromatic rings. The molecule has 0 radical (unpaired) electrons. The lowest BCUT2D eigenvalue weighted by atomic mass is 9.78. The molecule has 0 unspecified atom stereocenters. The van der Waals surface area contributed by atoms with Crippen molar-refractivity contribution in [1.82, 2.24) is 15.0 Å². The van der Waals surface area contributed by atoms with Crippen LogP contribution >= 0.6 is 0 Å². The Balaban J connectivity index is 1.20. The predicted molar refractivity (Wildman–Crippen MR) is 115 cm³/mol. The summed E-state index contributed by atoms with van der Waals surface area (Å²) in [6.45, 7) is 6.59. The number of nitrogens with zero attached hydrogens (tertiary/aromatic N) is 6. The molecule has 10 heteroatoms. The van der Waals surface area contributed by atoms with E-state index in [9.17, 15) is 13.2 Å². The number of piperidine rings is 1. The summed E-state index contributed by atoms with van der Waals surface area (Å²) in [5.74, 6) is 1.80. The van der Waals surface area contributed by atoms with Crippen LogP contribution in [0.25, 0.3) is 0 Å². The molecular weight excluding hydrogens is 421 g/mol. The van der Waals surface area contributed by atoms with Crippen molar-refractivity contribution in [3.05, 3.63) is 36.4 Å². The summed E-state index contributed by atoms with van der Waals surface area (Å²) in [6, 6.07) is 2.61. The first kappa shape index (κ1) is 21.2. The van der Waals surface area contributed by atoms with Gasteiger partial charge in [-0.05, 0) is 36.8 Å². The second-order valence-corrected chi connectivity index (χ2v) is 8.89. The van der Waals surface area contributed by atoms with Gasteiger partial charge in [0.15, 0.2) is 0 Å². The van der Waals surface area contributed by atoms with Gasteiger partial charge < -0.3 is 19.4 Å². The standard InChI is InChI=1S/C22H27F3N6O/c23-22(24,25)18-2-1-17(13-27-18)31-8-5-21(16-31)3-6-29(7-4-21)19-14-26-15-20(28-19)30-9-11-32-12-10-30/h1-2,13-15H,3-12,16H2. The molecule has 3 saturated heterocycles. The molecule has 0 saturated carbocycles. The van der Waals surface area contributed by atoms with Crippen molar-refractivity contribution < 1.29 is 17.9 Å². The first-order chi connectivity index (χ1) is 15.4. The van der Waals surface area contributed by atoms with Crippen LogP contribution in [0.3, 0.4) is 0 Å². The number of aromatic nitrogens is 3. The first-order valence-electron chi connectivity index (χ1n) is 11.1. The van der Waals surface area contributed by atoms with Crippen molar-refractivity contribution in [3.63, 3.8) is 0 Å². The van der Waals surface area contributed by atoms with Gasteiger partial charge in [0, 0.05) is 39.3 Å². The highest BCUT2D eigenvalue weighted by atomic mass is 19.4. The van der Waals surface area contributed by atoms with E-state index in [0.29, 0.717) is 13.2 Å². The Bertz CT molecular complexity index is 924. The monoisotopic (exact) mass is 448 g/mol. The van der Waals surface area contributed by atoms with Gasteiger partial charge in [-0.2, -0.15) is 13.2 Å². The van der Waals surface area contributed by atoms with Crippen LogP contribution in [-0.4, -0.2) is 67.4 Å². The molecule has 3 aliphatic rings. The zero-order chi connectivity index (χ0) is 22.2. The van der Waals surface area contributed by atoms with E-state index in [-0.39, 0.29) is 5.41 Å². The van der Waals surface area contributed by atoms with Gasteiger partial charge in [-0.15, -0.1) is 0 Å². The third-order valence-corrected chi connectivity index (χ3v) is 6.93. The van der Waals surface area contributed by atoms with Crippen LogP contribution in [0.5, 0.6) is 0 Å². The molecule has 0 amide bonds. The van der Waals surface area contributed by atoms with Crippen molar-refractivity contribution in [2.24, 2.45) is 5.41 Å². The number of rotatable bonds is 3. The van der Waals surface area contributed by atoms with Gasteiger partial charge in [0.25, 0.3) is 0 Å². The number of hydrogen-bond donors (Lipinski definition) is 0. The predicted octanol–water partition coefficient (Wildman–Crippen LogP) is 3.22. The summed E-state index contributed by atoms with van der Waals surface area (Å²) in [5, 5.41) is 0. The van der Waals surface area contributed by atoms with Crippen molar-refractivity contribution in [3.8, 4) is 0 Å². The maximum absolute atomic E-state index is 12.8. The van der Waals surface area contributed by atoms with Crippen LogP contribution in [0, 0.1) is 5.41 Å². The molecule has 5 rings (SSSR count).